The fourth-order valence-electron chi connectivity index (χ4n) is 2.16. The first-order valence-corrected chi connectivity index (χ1v) is 5.83. The molecular formula is C13H20N2. The molecule has 2 N–H and O–H groups in total. The summed E-state index contributed by atoms with van der Waals surface area (Å²) in [5, 5.41) is 6.94. The molecule has 2 nitrogen and oxygen atoms in total. The lowest BCUT2D eigenvalue weighted by atomic mass is 9.93. The average Bonchev–Trinajstić information content (AvgIpc) is 2.26. The summed E-state index contributed by atoms with van der Waals surface area (Å²) in [7, 11) is 0. The first kappa shape index (κ1) is 10.5. The van der Waals surface area contributed by atoms with Crippen molar-refractivity contribution in [1.29, 1.82) is 0 Å². The third-order valence-electron chi connectivity index (χ3n) is 3.04. The summed E-state index contributed by atoms with van der Waals surface area (Å²) in [6, 6.07) is 6.71. The number of aryl methyl sites for hydroxylation is 1. The highest BCUT2D eigenvalue weighted by molar-refractivity contribution is 5.55. The molecule has 0 saturated heterocycles. The van der Waals surface area contributed by atoms with E-state index in [1.165, 1.54) is 23.2 Å². The molecule has 1 heterocycles. The van der Waals surface area contributed by atoms with Crippen molar-refractivity contribution < 1.29 is 0 Å². The molecule has 15 heavy (non-hydrogen) atoms. The van der Waals surface area contributed by atoms with Crippen molar-refractivity contribution >= 4 is 5.69 Å². The molecule has 0 saturated carbocycles. The van der Waals surface area contributed by atoms with Crippen LogP contribution in [0, 0.1) is 12.8 Å². The van der Waals surface area contributed by atoms with Gasteiger partial charge in [-0.3, -0.25) is 0 Å². The van der Waals surface area contributed by atoms with Gasteiger partial charge in [-0.25, -0.2) is 0 Å². The summed E-state index contributed by atoms with van der Waals surface area (Å²) < 4.78 is 0. The van der Waals surface area contributed by atoms with Gasteiger partial charge in [0.05, 0.1) is 0 Å². The molecule has 2 rings (SSSR count). The lowest BCUT2D eigenvalue weighted by Gasteiger charge is -2.26. The van der Waals surface area contributed by atoms with Crippen LogP contribution in [0.1, 0.15) is 18.1 Å². The first-order valence-electron chi connectivity index (χ1n) is 5.83. The van der Waals surface area contributed by atoms with Crippen molar-refractivity contribution in [2.24, 2.45) is 5.92 Å². The molecule has 0 amide bonds. The number of benzene rings is 1. The maximum Gasteiger partial charge on any atom is 0.0375 e. The Kier molecular flexibility index (Phi) is 3.27. The monoisotopic (exact) mass is 204 g/mol. The fourth-order valence-corrected chi connectivity index (χ4v) is 2.16. The van der Waals surface area contributed by atoms with E-state index in [-0.39, 0.29) is 0 Å². The molecule has 1 atom stereocenters. The zero-order valence-electron chi connectivity index (χ0n) is 9.64. The second-order valence-electron chi connectivity index (χ2n) is 4.42. The molecule has 1 aliphatic heterocycles. The molecule has 0 aliphatic carbocycles. The number of anilines is 1. The van der Waals surface area contributed by atoms with E-state index in [1.807, 2.05) is 0 Å². The van der Waals surface area contributed by atoms with Crippen molar-refractivity contribution in [2.75, 3.05) is 25.0 Å². The van der Waals surface area contributed by atoms with Crippen molar-refractivity contribution in [3.8, 4) is 0 Å². The predicted octanol–water partition coefficient (Wildman–Crippen LogP) is 2.19. The Hall–Kier alpha value is -1.02. The number of rotatable bonds is 3. The number of fused-ring (bicyclic) bond motifs is 1. The van der Waals surface area contributed by atoms with Gasteiger partial charge in [-0.15, -0.1) is 0 Å². The Bertz CT molecular complexity index is 333. The molecule has 0 spiro atoms. The number of hydrogen-bond acceptors (Lipinski definition) is 2. The fraction of sp³-hybridized carbons (Fsp3) is 0.538. The Balaban J connectivity index is 2.03. The van der Waals surface area contributed by atoms with Gasteiger partial charge in [-0.1, -0.05) is 19.1 Å². The summed E-state index contributed by atoms with van der Waals surface area (Å²) in [5.74, 6) is 0.736. The minimum atomic E-state index is 0.736. The van der Waals surface area contributed by atoms with Crippen LogP contribution in [0.15, 0.2) is 18.2 Å². The van der Waals surface area contributed by atoms with Crippen LogP contribution in [0.2, 0.25) is 0 Å². The van der Waals surface area contributed by atoms with Crippen LogP contribution in [0.25, 0.3) is 0 Å². The maximum absolute atomic E-state index is 3.52. The van der Waals surface area contributed by atoms with Gasteiger partial charge in [0.25, 0.3) is 0 Å². The molecule has 0 radical (unpaired) electrons. The third-order valence-corrected chi connectivity index (χ3v) is 3.04. The highest BCUT2D eigenvalue weighted by Crippen LogP contribution is 2.25. The van der Waals surface area contributed by atoms with E-state index in [0.29, 0.717) is 0 Å². The highest BCUT2D eigenvalue weighted by Gasteiger charge is 2.17. The third kappa shape index (κ3) is 2.51. The zero-order valence-corrected chi connectivity index (χ0v) is 9.64. The Morgan fingerprint density at radius 3 is 3.13 bits per heavy atom. The molecule has 0 aromatic heterocycles. The van der Waals surface area contributed by atoms with E-state index in [1.54, 1.807) is 0 Å². The summed E-state index contributed by atoms with van der Waals surface area (Å²) in [5.41, 5.74) is 4.14. The SMILES string of the molecule is CCNCC1CNc2cc(C)ccc2C1. The summed E-state index contributed by atoms with van der Waals surface area (Å²) in [6.45, 7) is 7.60. The summed E-state index contributed by atoms with van der Waals surface area (Å²) >= 11 is 0. The Morgan fingerprint density at radius 1 is 1.47 bits per heavy atom. The van der Waals surface area contributed by atoms with E-state index in [0.717, 1.165) is 25.6 Å². The molecule has 0 fully saturated rings. The minimum Gasteiger partial charge on any atom is -0.384 e. The normalized spacial score (nSPS) is 19.5. The molecule has 1 aliphatic rings. The lowest BCUT2D eigenvalue weighted by molar-refractivity contribution is 0.492. The molecule has 1 aromatic rings. The van der Waals surface area contributed by atoms with Gasteiger partial charge in [0.2, 0.25) is 0 Å². The second kappa shape index (κ2) is 4.67. The van der Waals surface area contributed by atoms with Gasteiger partial charge < -0.3 is 10.6 Å². The molecule has 1 aromatic carbocycles. The molecule has 2 heteroatoms. The van der Waals surface area contributed by atoms with E-state index in [9.17, 15) is 0 Å². The predicted molar refractivity (Wildman–Crippen MR) is 65.4 cm³/mol. The van der Waals surface area contributed by atoms with Gasteiger partial charge in [0.15, 0.2) is 0 Å². The van der Waals surface area contributed by atoms with Crippen LogP contribution in [0.3, 0.4) is 0 Å². The van der Waals surface area contributed by atoms with Gasteiger partial charge in [0.1, 0.15) is 0 Å². The van der Waals surface area contributed by atoms with Crippen molar-refractivity contribution in [3.05, 3.63) is 29.3 Å². The Morgan fingerprint density at radius 2 is 2.33 bits per heavy atom. The van der Waals surface area contributed by atoms with E-state index in [4.69, 9.17) is 0 Å². The topological polar surface area (TPSA) is 24.1 Å². The molecule has 0 bridgehead atoms. The average molecular weight is 204 g/mol. The molecular weight excluding hydrogens is 184 g/mol. The van der Waals surface area contributed by atoms with Crippen LogP contribution in [0.4, 0.5) is 5.69 Å². The maximum atomic E-state index is 3.52. The van der Waals surface area contributed by atoms with E-state index in [2.05, 4.69) is 42.7 Å². The van der Waals surface area contributed by atoms with Crippen LogP contribution in [-0.4, -0.2) is 19.6 Å². The van der Waals surface area contributed by atoms with E-state index >= 15 is 0 Å². The van der Waals surface area contributed by atoms with Crippen LogP contribution < -0.4 is 10.6 Å². The van der Waals surface area contributed by atoms with Gasteiger partial charge in [-0.2, -0.15) is 0 Å². The highest BCUT2D eigenvalue weighted by atomic mass is 14.9. The van der Waals surface area contributed by atoms with Gasteiger partial charge in [-0.05, 0) is 49.5 Å². The lowest BCUT2D eigenvalue weighted by Crippen LogP contribution is -2.32. The van der Waals surface area contributed by atoms with Crippen LogP contribution in [0.5, 0.6) is 0 Å². The van der Waals surface area contributed by atoms with Crippen LogP contribution in [-0.2, 0) is 6.42 Å². The smallest absolute Gasteiger partial charge is 0.0375 e. The zero-order chi connectivity index (χ0) is 10.7. The first-order chi connectivity index (χ1) is 7.29. The minimum absolute atomic E-state index is 0.736. The van der Waals surface area contributed by atoms with Crippen molar-refractivity contribution in [2.45, 2.75) is 20.3 Å². The van der Waals surface area contributed by atoms with E-state index < -0.39 is 0 Å². The molecule has 1 unspecified atom stereocenters. The summed E-state index contributed by atoms with van der Waals surface area (Å²) in [4.78, 5) is 0. The number of hydrogen-bond donors (Lipinski definition) is 2. The standard InChI is InChI=1S/C13H20N2/c1-3-14-8-11-7-12-5-4-10(2)6-13(12)15-9-11/h4-6,11,14-15H,3,7-9H2,1-2H3. The quantitative estimate of drug-likeness (QED) is 0.788. The van der Waals surface area contributed by atoms with Gasteiger partial charge >= 0.3 is 0 Å². The van der Waals surface area contributed by atoms with Crippen molar-refractivity contribution in [1.82, 2.24) is 5.32 Å². The second-order valence-corrected chi connectivity index (χ2v) is 4.42. The van der Waals surface area contributed by atoms with Gasteiger partial charge in [0, 0.05) is 12.2 Å². The van der Waals surface area contributed by atoms with Crippen molar-refractivity contribution in [3.63, 3.8) is 0 Å². The number of nitrogens with one attached hydrogen (secondary N) is 2. The Labute approximate surface area is 92.1 Å². The summed E-state index contributed by atoms with van der Waals surface area (Å²) in [6.07, 6.45) is 1.20. The van der Waals surface area contributed by atoms with Crippen LogP contribution >= 0.6 is 0 Å². The molecule has 82 valence electrons. The largest absolute Gasteiger partial charge is 0.384 e.